The molecule has 1 aromatic rings. The predicted octanol–water partition coefficient (Wildman–Crippen LogP) is 2.79. The maximum atomic E-state index is 11.6. The van der Waals surface area contributed by atoms with Crippen LogP contribution in [0.5, 0.6) is 0 Å². The molecule has 1 aliphatic rings. The molecule has 1 aromatic carbocycles. The van der Waals surface area contributed by atoms with Gasteiger partial charge in [0.15, 0.2) is 5.96 Å². The lowest BCUT2D eigenvalue weighted by Gasteiger charge is -2.22. The second-order valence-electron chi connectivity index (χ2n) is 6.33. The number of nitrogens with zero attached hydrogens (tertiary/aromatic N) is 2. The minimum Gasteiger partial charge on any atom is -0.357 e. The third-order valence-corrected chi connectivity index (χ3v) is 4.17. The van der Waals surface area contributed by atoms with E-state index in [1.807, 2.05) is 7.05 Å². The smallest absolute Gasteiger partial charge is 0.223 e. The molecular weight excluding hydrogens is 427 g/mol. The van der Waals surface area contributed by atoms with Crippen molar-refractivity contribution in [1.29, 1.82) is 0 Å². The molecule has 0 spiro atoms. The van der Waals surface area contributed by atoms with Crippen molar-refractivity contribution in [3.63, 3.8) is 0 Å². The third kappa shape index (κ3) is 7.63. The molecule has 0 atom stereocenters. The molecule has 0 heterocycles. The van der Waals surface area contributed by atoms with E-state index < -0.39 is 0 Å². The standard InChI is InChI=1S/C19H30N4O.HI/c1-4-15-6-8-16(9-7-15)14-23(3)19(20-5-2)22-13-12-21-18(24)17-10-11-17;/h6-9,17H,4-5,10-14H2,1-3H3,(H,20,22)(H,21,24);1H. The number of aliphatic imine (C=N–C) groups is 1. The number of aryl methyl sites for hydroxylation is 1. The van der Waals surface area contributed by atoms with Gasteiger partial charge in [-0.05, 0) is 37.3 Å². The third-order valence-electron chi connectivity index (χ3n) is 4.17. The molecule has 0 radical (unpaired) electrons. The predicted molar refractivity (Wildman–Crippen MR) is 114 cm³/mol. The Kier molecular flexibility index (Phi) is 9.85. The Morgan fingerprint density at radius 1 is 1.16 bits per heavy atom. The molecule has 2 rings (SSSR count). The molecule has 1 saturated carbocycles. The van der Waals surface area contributed by atoms with E-state index >= 15 is 0 Å². The molecule has 2 N–H and O–H groups in total. The summed E-state index contributed by atoms with van der Waals surface area (Å²) in [5, 5.41) is 6.26. The first-order valence-corrected chi connectivity index (χ1v) is 8.99. The van der Waals surface area contributed by atoms with Gasteiger partial charge in [0.05, 0.1) is 6.54 Å². The first kappa shape index (κ1) is 21.7. The summed E-state index contributed by atoms with van der Waals surface area (Å²) in [5.41, 5.74) is 2.62. The Morgan fingerprint density at radius 2 is 1.80 bits per heavy atom. The number of carbonyl (C=O) groups excluding carboxylic acids is 1. The van der Waals surface area contributed by atoms with Gasteiger partial charge in [-0.3, -0.25) is 9.79 Å². The Bertz CT molecular complexity index is 555. The van der Waals surface area contributed by atoms with Gasteiger partial charge in [-0.1, -0.05) is 31.2 Å². The molecule has 0 aliphatic heterocycles. The second-order valence-corrected chi connectivity index (χ2v) is 6.33. The van der Waals surface area contributed by atoms with E-state index in [1.54, 1.807) is 0 Å². The van der Waals surface area contributed by atoms with Gasteiger partial charge in [-0.25, -0.2) is 0 Å². The van der Waals surface area contributed by atoms with Crippen LogP contribution in [0.2, 0.25) is 0 Å². The van der Waals surface area contributed by atoms with Crippen LogP contribution in [0.15, 0.2) is 29.3 Å². The molecule has 5 nitrogen and oxygen atoms in total. The van der Waals surface area contributed by atoms with Gasteiger partial charge < -0.3 is 15.5 Å². The molecule has 1 aliphatic carbocycles. The SMILES string of the molecule is CCNC(=NCCNC(=O)C1CC1)N(C)Cc1ccc(CC)cc1.I. The van der Waals surface area contributed by atoms with E-state index in [9.17, 15) is 4.79 Å². The number of nitrogens with one attached hydrogen (secondary N) is 2. The maximum absolute atomic E-state index is 11.6. The lowest BCUT2D eigenvalue weighted by Crippen LogP contribution is -2.39. The van der Waals surface area contributed by atoms with Gasteiger partial charge >= 0.3 is 0 Å². The van der Waals surface area contributed by atoms with Crippen molar-refractivity contribution >= 4 is 35.8 Å². The summed E-state index contributed by atoms with van der Waals surface area (Å²) in [7, 11) is 2.04. The lowest BCUT2D eigenvalue weighted by molar-refractivity contribution is -0.122. The van der Waals surface area contributed by atoms with Crippen molar-refractivity contribution in [2.75, 3.05) is 26.7 Å². The highest BCUT2D eigenvalue weighted by Gasteiger charge is 2.28. The molecule has 1 amide bonds. The van der Waals surface area contributed by atoms with Crippen LogP contribution >= 0.6 is 24.0 Å². The number of amides is 1. The number of hydrogen-bond donors (Lipinski definition) is 2. The molecule has 25 heavy (non-hydrogen) atoms. The van der Waals surface area contributed by atoms with Gasteiger partial charge in [-0.2, -0.15) is 0 Å². The molecule has 140 valence electrons. The van der Waals surface area contributed by atoms with Gasteiger partial charge in [0.2, 0.25) is 5.91 Å². The quantitative estimate of drug-likeness (QED) is 0.273. The number of halogens is 1. The summed E-state index contributed by atoms with van der Waals surface area (Å²) in [6.07, 6.45) is 3.14. The van der Waals surface area contributed by atoms with Crippen LogP contribution in [0.3, 0.4) is 0 Å². The number of rotatable bonds is 8. The van der Waals surface area contributed by atoms with Crippen molar-refractivity contribution in [3.05, 3.63) is 35.4 Å². The fraction of sp³-hybridized carbons (Fsp3) is 0.579. The highest BCUT2D eigenvalue weighted by atomic mass is 127. The van der Waals surface area contributed by atoms with E-state index in [2.05, 4.69) is 58.6 Å². The zero-order valence-electron chi connectivity index (χ0n) is 15.5. The Morgan fingerprint density at radius 3 is 2.36 bits per heavy atom. The minimum absolute atomic E-state index is 0. The Balaban J connectivity index is 0.00000312. The van der Waals surface area contributed by atoms with E-state index in [4.69, 9.17) is 0 Å². The van der Waals surface area contributed by atoms with E-state index in [1.165, 1.54) is 11.1 Å². The topological polar surface area (TPSA) is 56.7 Å². The Labute approximate surface area is 168 Å². The van der Waals surface area contributed by atoms with Crippen LogP contribution in [-0.4, -0.2) is 43.4 Å². The van der Waals surface area contributed by atoms with Gasteiger partial charge in [0.25, 0.3) is 0 Å². The fourth-order valence-electron chi connectivity index (χ4n) is 2.53. The highest BCUT2D eigenvalue weighted by Crippen LogP contribution is 2.28. The van der Waals surface area contributed by atoms with Crippen LogP contribution in [0, 0.1) is 5.92 Å². The average Bonchev–Trinajstić information content (AvgIpc) is 3.43. The summed E-state index contributed by atoms with van der Waals surface area (Å²) in [5.74, 6) is 1.31. The average molecular weight is 458 g/mol. The summed E-state index contributed by atoms with van der Waals surface area (Å²) in [6.45, 7) is 7.06. The summed E-state index contributed by atoms with van der Waals surface area (Å²) in [6, 6.07) is 8.71. The van der Waals surface area contributed by atoms with E-state index in [0.29, 0.717) is 13.1 Å². The number of guanidine groups is 1. The summed E-state index contributed by atoms with van der Waals surface area (Å²) < 4.78 is 0. The molecule has 0 bridgehead atoms. The lowest BCUT2D eigenvalue weighted by atomic mass is 10.1. The Hall–Kier alpha value is -1.31. The summed E-state index contributed by atoms with van der Waals surface area (Å²) >= 11 is 0. The second kappa shape index (κ2) is 11.3. The number of carbonyl (C=O) groups is 1. The first-order valence-electron chi connectivity index (χ1n) is 8.99. The van der Waals surface area contributed by atoms with Crippen LogP contribution in [0.25, 0.3) is 0 Å². The van der Waals surface area contributed by atoms with Crippen molar-refractivity contribution in [1.82, 2.24) is 15.5 Å². The zero-order chi connectivity index (χ0) is 17.4. The molecule has 0 aromatic heterocycles. The number of benzene rings is 1. The van der Waals surface area contributed by atoms with Crippen LogP contribution in [-0.2, 0) is 17.8 Å². The van der Waals surface area contributed by atoms with Crippen molar-refractivity contribution in [3.8, 4) is 0 Å². The maximum Gasteiger partial charge on any atom is 0.223 e. The molecule has 0 unspecified atom stereocenters. The van der Waals surface area contributed by atoms with Gasteiger partial charge in [0.1, 0.15) is 0 Å². The fourth-order valence-corrected chi connectivity index (χ4v) is 2.53. The van der Waals surface area contributed by atoms with Gasteiger partial charge in [-0.15, -0.1) is 24.0 Å². The van der Waals surface area contributed by atoms with Crippen molar-refractivity contribution in [2.45, 2.75) is 39.7 Å². The summed E-state index contributed by atoms with van der Waals surface area (Å²) in [4.78, 5) is 18.3. The first-order chi connectivity index (χ1) is 11.6. The molecule has 6 heteroatoms. The molecule has 0 saturated heterocycles. The highest BCUT2D eigenvalue weighted by molar-refractivity contribution is 14.0. The number of hydrogen-bond acceptors (Lipinski definition) is 2. The van der Waals surface area contributed by atoms with Crippen LogP contribution in [0.1, 0.15) is 37.8 Å². The monoisotopic (exact) mass is 458 g/mol. The van der Waals surface area contributed by atoms with E-state index in [-0.39, 0.29) is 35.8 Å². The van der Waals surface area contributed by atoms with Crippen molar-refractivity contribution in [2.24, 2.45) is 10.9 Å². The molecular formula is C19H31IN4O. The van der Waals surface area contributed by atoms with Gasteiger partial charge in [0, 0.05) is 32.6 Å². The van der Waals surface area contributed by atoms with Crippen LogP contribution < -0.4 is 10.6 Å². The van der Waals surface area contributed by atoms with E-state index in [0.717, 1.165) is 38.3 Å². The zero-order valence-corrected chi connectivity index (χ0v) is 17.9. The normalized spacial score (nSPS) is 13.8. The molecule has 1 fully saturated rings. The van der Waals surface area contributed by atoms with Crippen molar-refractivity contribution < 1.29 is 4.79 Å². The van der Waals surface area contributed by atoms with Crippen LogP contribution in [0.4, 0.5) is 0 Å². The minimum atomic E-state index is 0. The largest absolute Gasteiger partial charge is 0.357 e.